The van der Waals surface area contributed by atoms with Crippen LogP contribution in [0.2, 0.25) is 0 Å². The molecule has 0 saturated carbocycles. The third-order valence-corrected chi connectivity index (χ3v) is 6.32. The summed E-state index contributed by atoms with van der Waals surface area (Å²) in [6.45, 7) is 6.35. The van der Waals surface area contributed by atoms with Gasteiger partial charge in [-0.05, 0) is 17.0 Å². The number of nitrogens with zero attached hydrogens (tertiary/aromatic N) is 3. The van der Waals surface area contributed by atoms with Gasteiger partial charge in [0.15, 0.2) is 0 Å². The summed E-state index contributed by atoms with van der Waals surface area (Å²) >= 11 is 0. The summed E-state index contributed by atoms with van der Waals surface area (Å²) in [5, 5.41) is 3.81. The number of hydrogen-bond donors (Lipinski definition) is 1. The molecular formula is C28H34N4O5. The molecule has 1 heterocycles. The highest BCUT2D eigenvalue weighted by molar-refractivity contribution is 6.03. The summed E-state index contributed by atoms with van der Waals surface area (Å²) in [7, 11) is 2.76. The quantitative estimate of drug-likeness (QED) is 0.555. The lowest BCUT2D eigenvalue weighted by molar-refractivity contribution is -0.186. The zero-order chi connectivity index (χ0) is 27.3. The summed E-state index contributed by atoms with van der Waals surface area (Å²) in [4.78, 5) is 61.9. The van der Waals surface area contributed by atoms with Gasteiger partial charge in [0, 0.05) is 33.5 Å². The first-order valence-electron chi connectivity index (χ1n) is 12.1. The summed E-state index contributed by atoms with van der Waals surface area (Å²) in [6.07, 6.45) is 1.55. The molecule has 0 radical (unpaired) electrons. The Morgan fingerprint density at radius 2 is 1.59 bits per heavy atom. The van der Waals surface area contributed by atoms with Crippen molar-refractivity contribution in [3.8, 4) is 0 Å². The van der Waals surface area contributed by atoms with Gasteiger partial charge in [-0.2, -0.15) is 0 Å². The van der Waals surface area contributed by atoms with Gasteiger partial charge in [0.2, 0.25) is 17.5 Å². The summed E-state index contributed by atoms with van der Waals surface area (Å²) in [6, 6.07) is 17.2. The van der Waals surface area contributed by atoms with E-state index in [0.29, 0.717) is 16.8 Å². The molecule has 4 amide bonds. The fraction of sp³-hybridized carbons (Fsp3) is 0.357. The number of rotatable bonds is 8. The Balaban J connectivity index is 2.40. The standard InChI is InChI=1S/C28H34N4O5/c1-19(2)25-26(35)32(24(18-31(25)21(4)34)23-15-11-8-12-16-23)28(29-20(3)33,27(36)30(5)37-6)17-22-13-9-7-10-14-22/h7-16,18-19,25H,17H2,1-6H3,(H,29,33)/t25?,28-/m0/s1. The molecule has 9 nitrogen and oxygen atoms in total. The van der Waals surface area contributed by atoms with Crippen LogP contribution in [-0.2, 0) is 30.4 Å². The van der Waals surface area contributed by atoms with Crippen molar-refractivity contribution in [2.75, 3.05) is 14.2 Å². The van der Waals surface area contributed by atoms with Crippen molar-refractivity contribution in [1.29, 1.82) is 0 Å². The molecule has 0 aliphatic carbocycles. The molecular weight excluding hydrogens is 472 g/mol. The lowest BCUT2D eigenvalue weighted by Gasteiger charge is -2.50. The second-order valence-corrected chi connectivity index (χ2v) is 9.36. The molecule has 37 heavy (non-hydrogen) atoms. The van der Waals surface area contributed by atoms with Crippen molar-refractivity contribution in [3.63, 3.8) is 0 Å². The average Bonchev–Trinajstić information content (AvgIpc) is 2.87. The zero-order valence-corrected chi connectivity index (χ0v) is 22.1. The van der Waals surface area contributed by atoms with Crippen LogP contribution < -0.4 is 5.32 Å². The van der Waals surface area contributed by atoms with Gasteiger partial charge < -0.3 is 10.2 Å². The highest BCUT2D eigenvalue weighted by Gasteiger charge is 2.55. The molecule has 1 N–H and O–H groups in total. The predicted molar refractivity (Wildman–Crippen MR) is 139 cm³/mol. The van der Waals surface area contributed by atoms with E-state index in [-0.39, 0.29) is 18.2 Å². The molecule has 2 aromatic carbocycles. The second kappa shape index (κ2) is 11.4. The first-order valence-corrected chi connectivity index (χ1v) is 12.1. The van der Waals surface area contributed by atoms with E-state index in [9.17, 15) is 19.2 Å². The van der Waals surface area contributed by atoms with E-state index in [0.717, 1.165) is 5.06 Å². The summed E-state index contributed by atoms with van der Waals surface area (Å²) < 4.78 is 0. The van der Waals surface area contributed by atoms with Gasteiger partial charge in [-0.25, -0.2) is 5.06 Å². The third kappa shape index (κ3) is 5.56. The zero-order valence-electron chi connectivity index (χ0n) is 22.1. The number of amides is 4. The Morgan fingerprint density at radius 1 is 1.03 bits per heavy atom. The molecule has 0 spiro atoms. The SMILES string of the molecule is CON(C)C(=O)[C@@](Cc1ccccc1)(NC(C)=O)N1C(=O)C(C(C)C)N(C(C)=O)C=C1c1ccccc1. The van der Waals surface area contributed by atoms with Crippen molar-refractivity contribution >= 4 is 29.3 Å². The Hall–Kier alpha value is -3.98. The van der Waals surface area contributed by atoms with Gasteiger partial charge in [-0.15, -0.1) is 0 Å². The molecule has 2 atom stereocenters. The number of hydroxylamine groups is 2. The van der Waals surface area contributed by atoms with Gasteiger partial charge in [0.05, 0.1) is 12.8 Å². The predicted octanol–water partition coefficient (Wildman–Crippen LogP) is 2.80. The minimum atomic E-state index is -1.90. The van der Waals surface area contributed by atoms with Gasteiger partial charge >= 0.3 is 0 Å². The molecule has 2 aromatic rings. The van der Waals surface area contributed by atoms with E-state index in [2.05, 4.69) is 5.32 Å². The Kier molecular flexibility index (Phi) is 8.49. The maximum absolute atomic E-state index is 14.4. The number of hydrogen-bond acceptors (Lipinski definition) is 5. The van der Waals surface area contributed by atoms with Crippen LogP contribution in [0.4, 0.5) is 0 Å². The maximum atomic E-state index is 14.4. The normalized spacial score (nSPS) is 17.2. The van der Waals surface area contributed by atoms with Crippen LogP contribution in [0.3, 0.4) is 0 Å². The maximum Gasteiger partial charge on any atom is 0.293 e. The van der Waals surface area contributed by atoms with E-state index < -0.39 is 29.4 Å². The lowest BCUT2D eigenvalue weighted by atomic mass is 9.89. The van der Waals surface area contributed by atoms with E-state index in [4.69, 9.17) is 4.84 Å². The van der Waals surface area contributed by atoms with Crippen LogP contribution in [0.1, 0.15) is 38.8 Å². The minimum absolute atomic E-state index is 0.0409. The highest BCUT2D eigenvalue weighted by Crippen LogP contribution is 2.37. The molecule has 1 aliphatic rings. The van der Waals surface area contributed by atoms with Crippen LogP contribution in [0.25, 0.3) is 5.70 Å². The summed E-state index contributed by atoms with van der Waals surface area (Å²) in [5.74, 6) is -2.25. The van der Waals surface area contributed by atoms with Crippen LogP contribution in [0.5, 0.6) is 0 Å². The fourth-order valence-electron chi connectivity index (χ4n) is 4.67. The molecule has 196 valence electrons. The average molecular weight is 507 g/mol. The van der Waals surface area contributed by atoms with Gasteiger partial charge in [-0.1, -0.05) is 74.5 Å². The number of nitrogens with one attached hydrogen (secondary N) is 1. The molecule has 1 unspecified atom stereocenters. The van der Waals surface area contributed by atoms with Crippen LogP contribution in [-0.4, -0.2) is 64.4 Å². The van der Waals surface area contributed by atoms with E-state index in [1.54, 1.807) is 30.5 Å². The first kappa shape index (κ1) is 27.6. The lowest BCUT2D eigenvalue weighted by Crippen LogP contribution is -2.73. The smallest absolute Gasteiger partial charge is 0.293 e. The van der Waals surface area contributed by atoms with Crippen molar-refractivity contribution in [2.45, 2.75) is 45.8 Å². The fourth-order valence-corrected chi connectivity index (χ4v) is 4.67. The van der Waals surface area contributed by atoms with Gasteiger partial charge in [0.25, 0.3) is 11.8 Å². The molecule has 3 rings (SSSR count). The van der Waals surface area contributed by atoms with Crippen LogP contribution >= 0.6 is 0 Å². The van der Waals surface area contributed by atoms with Crippen molar-refractivity contribution in [1.82, 2.24) is 20.2 Å². The van der Waals surface area contributed by atoms with Gasteiger partial charge in [0.1, 0.15) is 6.04 Å². The monoisotopic (exact) mass is 506 g/mol. The second-order valence-electron chi connectivity index (χ2n) is 9.36. The van der Waals surface area contributed by atoms with Gasteiger partial charge in [-0.3, -0.25) is 28.9 Å². The van der Waals surface area contributed by atoms with E-state index in [1.807, 2.05) is 50.2 Å². The number of carbonyl (C=O) groups excluding carboxylic acids is 4. The van der Waals surface area contributed by atoms with Crippen LogP contribution in [0.15, 0.2) is 66.9 Å². The Labute approximate surface area is 217 Å². The third-order valence-electron chi connectivity index (χ3n) is 6.32. The molecule has 0 aromatic heterocycles. The molecule has 0 saturated heterocycles. The Morgan fingerprint density at radius 3 is 2.08 bits per heavy atom. The minimum Gasteiger partial charge on any atom is -0.325 e. The number of benzene rings is 2. The topological polar surface area (TPSA) is 99.3 Å². The number of likely N-dealkylation sites (N-methyl/N-ethyl adjacent to an activating group) is 1. The molecule has 0 fully saturated rings. The highest BCUT2D eigenvalue weighted by atomic mass is 16.7. The number of carbonyl (C=O) groups is 4. The van der Waals surface area contributed by atoms with Crippen LogP contribution in [0, 0.1) is 5.92 Å². The summed E-state index contributed by atoms with van der Waals surface area (Å²) in [5.41, 5.74) is -0.281. The van der Waals surface area contributed by atoms with Crippen molar-refractivity contribution in [2.24, 2.45) is 5.92 Å². The molecule has 9 heteroatoms. The van der Waals surface area contributed by atoms with E-state index in [1.165, 1.54) is 37.8 Å². The van der Waals surface area contributed by atoms with E-state index >= 15 is 0 Å². The molecule has 0 bridgehead atoms. The Bertz CT molecular complexity index is 1180. The largest absolute Gasteiger partial charge is 0.325 e. The van der Waals surface area contributed by atoms with Crippen molar-refractivity contribution in [3.05, 3.63) is 78.0 Å². The first-order chi connectivity index (χ1) is 17.5. The van der Waals surface area contributed by atoms with Crippen molar-refractivity contribution < 1.29 is 24.0 Å². The molecule has 1 aliphatic heterocycles.